The lowest BCUT2D eigenvalue weighted by atomic mass is 10.2. The van der Waals surface area contributed by atoms with E-state index >= 15 is 0 Å². The summed E-state index contributed by atoms with van der Waals surface area (Å²) in [5.41, 5.74) is -0.550. The zero-order valence-electron chi connectivity index (χ0n) is 8.30. The summed E-state index contributed by atoms with van der Waals surface area (Å²) in [7, 11) is -3.49. The largest absolute Gasteiger partial charge is 0.508 e. The molecule has 0 fully saturated rings. The molecule has 0 unspecified atom stereocenters. The summed E-state index contributed by atoms with van der Waals surface area (Å²) in [4.78, 5) is 10.9. The van der Waals surface area contributed by atoms with Crippen molar-refractivity contribution < 1.29 is 17.9 Å². The Bertz CT molecular complexity index is 712. The molecule has 0 atom stereocenters. The van der Waals surface area contributed by atoms with E-state index in [4.69, 9.17) is 4.42 Å². The molecule has 1 heterocycles. The van der Waals surface area contributed by atoms with Gasteiger partial charge in [0, 0.05) is 23.8 Å². The predicted molar refractivity (Wildman–Crippen MR) is 57.3 cm³/mol. The number of sulfone groups is 1. The van der Waals surface area contributed by atoms with Gasteiger partial charge in [0.25, 0.3) is 0 Å². The minimum absolute atomic E-state index is 0.0490. The molecule has 0 aliphatic rings. The molecule has 6 heteroatoms. The fourth-order valence-corrected chi connectivity index (χ4v) is 2.34. The van der Waals surface area contributed by atoms with Gasteiger partial charge < -0.3 is 9.52 Å². The van der Waals surface area contributed by atoms with Crippen LogP contribution in [0.5, 0.6) is 5.75 Å². The molecule has 0 aliphatic heterocycles. The second-order valence-corrected chi connectivity index (χ2v) is 5.37. The summed E-state index contributed by atoms with van der Waals surface area (Å²) in [6, 6.07) is 4.81. The Balaban J connectivity index is 3.00. The van der Waals surface area contributed by atoms with Gasteiger partial charge in [-0.15, -0.1) is 0 Å². The van der Waals surface area contributed by atoms with Crippen molar-refractivity contribution in [2.24, 2.45) is 0 Å². The maximum Gasteiger partial charge on any atom is 0.336 e. The smallest absolute Gasteiger partial charge is 0.336 e. The average Bonchev–Trinajstić information content (AvgIpc) is 2.14. The molecule has 1 aromatic heterocycles. The van der Waals surface area contributed by atoms with Crippen LogP contribution < -0.4 is 5.63 Å². The van der Waals surface area contributed by atoms with Crippen molar-refractivity contribution in [1.82, 2.24) is 0 Å². The number of benzene rings is 1. The summed E-state index contributed by atoms with van der Waals surface area (Å²) >= 11 is 0. The molecule has 1 aromatic carbocycles. The monoisotopic (exact) mass is 240 g/mol. The quantitative estimate of drug-likeness (QED) is 0.748. The molecule has 2 aromatic rings. The summed E-state index contributed by atoms with van der Waals surface area (Å²) in [5.74, 6) is -0.262. The van der Waals surface area contributed by atoms with E-state index in [9.17, 15) is 18.3 Å². The van der Waals surface area contributed by atoms with E-state index in [0.29, 0.717) is 0 Å². The van der Waals surface area contributed by atoms with Gasteiger partial charge >= 0.3 is 5.63 Å². The van der Waals surface area contributed by atoms with Crippen LogP contribution in [0, 0.1) is 0 Å². The molecule has 0 saturated carbocycles. The van der Waals surface area contributed by atoms with Crippen LogP contribution in [0.15, 0.2) is 38.4 Å². The molecule has 0 spiro atoms. The first-order valence-corrected chi connectivity index (χ1v) is 6.24. The molecular weight excluding hydrogens is 232 g/mol. The Morgan fingerprint density at radius 3 is 2.56 bits per heavy atom. The summed E-state index contributed by atoms with van der Waals surface area (Å²) in [5, 5.41) is 9.62. The van der Waals surface area contributed by atoms with Gasteiger partial charge in [-0.1, -0.05) is 0 Å². The van der Waals surface area contributed by atoms with Gasteiger partial charge in [0.05, 0.1) is 4.90 Å². The summed E-state index contributed by atoms with van der Waals surface area (Å²) in [6.45, 7) is 0. The lowest BCUT2D eigenvalue weighted by molar-refractivity contribution is 0.471. The highest BCUT2D eigenvalue weighted by Crippen LogP contribution is 2.26. The molecule has 16 heavy (non-hydrogen) atoms. The van der Waals surface area contributed by atoms with E-state index in [2.05, 4.69) is 0 Å². The average molecular weight is 240 g/mol. The summed E-state index contributed by atoms with van der Waals surface area (Å²) in [6.07, 6.45) is 1.02. The second kappa shape index (κ2) is 3.34. The fourth-order valence-electron chi connectivity index (χ4n) is 1.44. The Morgan fingerprint density at radius 2 is 1.94 bits per heavy atom. The highest BCUT2D eigenvalue weighted by Gasteiger charge is 2.14. The molecule has 0 bridgehead atoms. The van der Waals surface area contributed by atoms with Crippen molar-refractivity contribution in [3.05, 3.63) is 34.7 Å². The number of phenols is 1. The lowest BCUT2D eigenvalue weighted by Crippen LogP contribution is -2.01. The predicted octanol–water partition coefficient (Wildman–Crippen LogP) is 0.902. The molecule has 1 N–H and O–H groups in total. The van der Waals surface area contributed by atoms with Crippen molar-refractivity contribution >= 4 is 20.8 Å². The van der Waals surface area contributed by atoms with Crippen LogP contribution in [0.1, 0.15) is 0 Å². The normalized spacial score (nSPS) is 11.8. The Morgan fingerprint density at radius 1 is 1.25 bits per heavy atom. The van der Waals surface area contributed by atoms with Crippen LogP contribution in [0.4, 0.5) is 0 Å². The number of hydrogen-bond acceptors (Lipinski definition) is 5. The van der Waals surface area contributed by atoms with Gasteiger partial charge in [0.15, 0.2) is 9.84 Å². The van der Waals surface area contributed by atoms with E-state index in [-0.39, 0.29) is 21.6 Å². The van der Waals surface area contributed by atoms with Crippen molar-refractivity contribution in [3.8, 4) is 5.75 Å². The Labute approximate surface area is 90.9 Å². The van der Waals surface area contributed by atoms with Gasteiger partial charge in [0.1, 0.15) is 11.3 Å². The molecule has 0 radical (unpaired) electrons. The van der Waals surface area contributed by atoms with E-state index in [1.165, 1.54) is 12.1 Å². The van der Waals surface area contributed by atoms with Crippen molar-refractivity contribution in [2.45, 2.75) is 4.90 Å². The van der Waals surface area contributed by atoms with Gasteiger partial charge in [-0.05, 0) is 12.1 Å². The fraction of sp³-hybridized carbons (Fsp3) is 0.100. The third-order valence-electron chi connectivity index (χ3n) is 2.08. The van der Waals surface area contributed by atoms with Crippen LogP contribution in [-0.4, -0.2) is 19.8 Å². The Hall–Kier alpha value is -1.82. The molecule has 0 aliphatic carbocycles. The molecule has 2 rings (SSSR count). The van der Waals surface area contributed by atoms with Gasteiger partial charge in [-0.2, -0.15) is 0 Å². The molecule has 0 saturated heterocycles. The van der Waals surface area contributed by atoms with Crippen molar-refractivity contribution in [1.29, 1.82) is 0 Å². The van der Waals surface area contributed by atoms with Gasteiger partial charge in [0.2, 0.25) is 0 Å². The number of rotatable bonds is 1. The number of phenolic OH excluding ortho intramolecular Hbond substituents is 1. The van der Waals surface area contributed by atoms with E-state index < -0.39 is 15.5 Å². The molecule has 84 valence electrons. The Kier molecular flexibility index (Phi) is 2.23. The van der Waals surface area contributed by atoms with E-state index in [0.717, 1.165) is 18.4 Å². The highest BCUT2D eigenvalue weighted by atomic mass is 32.2. The third-order valence-corrected chi connectivity index (χ3v) is 3.22. The minimum Gasteiger partial charge on any atom is -0.508 e. The minimum atomic E-state index is -3.49. The van der Waals surface area contributed by atoms with E-state index in [1.54, 1.807) is 0 Å². The van der Waals surface area contributed by atoms with Gasteiger partial charge in [-0.25, -0.2) is 13.2 Å². The van der Waals surface area contributed by atoms with Gasteiger partial charge in [-0.3, -0.25) is 0 Å². The lowest BCUT2D eigenvalue weighted by Gasteiger charge is -2.04. The SMILES string of the molecule is CS(=O)(=O)c1cc(O)cc2oc(=O)ccc12. The zero-order valence-corrected chi connectivity index (χ0v) is 9.11. The van der Waals surface area contributed by atoms with Crippen LogP contribution in [0.3, 0.4) is 0 Å². The first-order chi connectivity index (χ1) is 7.38. The molecule has 0 amide bonds. The van der Waals surface area contributed by atoms with Crippen LogP contribution in [-0.2, 0) is 9.84 Å². The van der Waals surface area contributed by atoms with Crippen LogP contribution in [0.2, 0.25) is 0 Å². The third kappa shape index (κ3) is 1.79. The van der Waals surface area contributed by atoms with Crippen LogP contribution >= 0.6 is 0 Å². The van der Waals surface area contributed by atoms with Crippen molar-refractivity contribution in [3.63, 3.8) is 0 Å². The molecular formula is C10H8O5S. The van der Waals surface area contributed by atoms with E-state index in [1.807, 2.05) is 0 Å². The first-order valence-electron chi connectivity index (χ1n) is 4.35. The zero-order chi connectivity index (χ0) is 11.9. The van der Waals surface area contributed by atoms with Crippen molar-refractivity contribution in [2.75, 3.05) is 6.26 Å². The maximum atomic E-state index is 11.5. The summed E-state index contributed by atoms with van der Waals surface area (Å²) < 4.78 is 27.7. The first kappa shape index (κ1) is 10.7. The highest BCUT2D eigenvalue weighted by molar-refractivity contribution is 7.91. The number of hydrogen-bond donors (Lipinski definition) is 1. The number of aromatic hydroxyl groups is 1. The molecule has 5 nitrogen and oxygen atoms in total. The van der Waals surface area contributed by atoms with Crippen LogP contribution in [0.25, 0.3) is 11.0 Å². The second-order valence-electron chi connectivity index (χ2n) is 3.38. The maximum absolute atomic E-state index is 11.5. The topological polar surface area (TPSA) is 84.6 Å². The standard InChI is InChI=1S/C10H8O5S/c1-16(13,14)9-5-6(11)4-8-7(9)2-3-10(12)15-8/h2-5,11H,1H3. The number of fused-ring (bicyclic) bond motifs is 1.